The number of aromatic nitrogens is 2. The van der Waals surface area contributed by atoms with E-state index in [4.69, 9.17) is 4.74 Å². The molecule has 21 heavy (non-hydrogen) atoms. The van der Waals surface area contributed by atoms with E-state index in [-0.39, 0.29) is 0 Å². The molecule has 2 heterocycles. The van der Waals surface area contributed by atoms with E-state index in [1.807, 2.05) is 12.4 Å². The molecule has 0 bridgehead atoms. The summed E-state index contributed by atoms with van der Waals surface area (Å²) >= 11 is 0. The van der Waals surface area contributed by atoms with Crippen molar-refractivity contribution in [1.82, 2.24) is 9.55 Å². The first-order chi connectivity index (χ1) is 10.2. The van der Waals surface area contributed by atoms with Crippen molar-refractivity contribution in [1.29, 1.82) is 0 Å². The second-order valence-electron chi connectivity index (χ2n) is 5.87. The normalized spacial score (nSPS) is 17.0. The van der Waals surface area contributed by atoms with Gasteiger partial charge in [-0.2, -0.15) is 0 Å². The van der Waals surface area contributed by atoms with Gasteiger partial charge in [0.2, 0.25) is 0 Å². The Kier molecular flexibility index (Phi) is 2.74. The molecular formula is C18H18N2O. The average Bonchev–Trinajstić information content (AvgIpc) is 3.06. The van der Waals surface area contributed by atoms with Crippen LogP contribution in [0.4, 0.5) is 0 Å². The van der Waals surface area contributed by atoms with E-state index in [0.717, 1.165) is 24.4 Å². The summed E-state index contributed by atoms with van der Waals surface area (Å²) in [7, 11) is 0. The van der Waals surface area contributed by atoms with Crippen LogP contribution in [0, 0.1) is 13.8 Å². The topological polar surface area (TPSA) is 27.1 Å². The molecule has 4 rings (SSSR count). The van der Waals surface area contributed by atoms with Crippen molar-refractivity contribution >= 4 is 11.0 Å². The smallest absolute Gasteiger partial charge is 0.122 e. The second-order valence-corrected chi connectivity index (χ2v) is 5.87. The van der Waals surface area contributed by atoms with Crippen LogP contribution in [0.5, 0.6) is 5.75 Å². The van der Waals surface area contributed by atoms with Crippen molar-refractivity contribution in [2.45, 2.75) is 26.3 Å². The Labute approximate surface area is 124 Å². The third-order valence-corrected chi connectivity index (χ3v) is 4.45. The van der Waals surface area contributed by atoms with Crippen LogP contribution in [0.25, 0.3) is 11.0 Å². The number of rotatable bonds is 2. The summed E-state index contributed by atoms with van der Waals surface area (Å²) in [6.07, 6.45) is 1.95. The molecule has 2 aromatic carbocycles. The molecule has 3 nitrogen and oxygen atoms in total. The molecule has 0 N–H and O–H groups in total. The molecule has 0 saturated carbocycles. The molecule has 1 aliphatic heterocycles. The quantitative estimate of drug-likeness (QED) is 0.712. The monoisotopic (exact) mass is 278 g/mol. The molecule has 1 atom stereocenters. The van der Waals surface area contributed by atoms with Crippen molar-refractivity contribution < 1.29 is 4.74 Å². The zero-order valence-electron chi connectivity index (χ0n) is 12.3. The summed E-state index contributed by atoms with van der Waals surface area (Å²) in [5, 5.41) is 0. The minimum Gasteiger partial charge on any atom is -0.493 e. The summed E-state index contributed by atoms with van der Waals surface area (Å²) in [5.41, 5.74) is 6.20. The molecule has 0 radical (unpaired) electrons. The van der Waals surface area contributed by atoms with Crippen LogP contribution in [0.15, 0.2) is 42.7 Å². The maximum Gasteiger partial charge on any atom is 0.122 e. The number of benzene rings is 2. The molecule has 0 fully saturated rings. The van der Waals surface area contributed by atoms with Crippen LogP contribution >= 0.6 is 0 Å². The Morgan fingerprint density at radius 2 is 2.00 bits per heavy atom. The third kappa shape index (κ3) is 2.00. The first-order valence-corrected chi connectivity index (χ1v) is 7.36. The molecule has 0 amide bonds. The molecule has 3 aromatic rings. The van der Waals surface area contributed by atoms with Gasteiger partial charge >= 0.3 is 0 Å². The van der Waals surface area contributed by atoms with E-state index < -0.39 is 0 Å². The largest absolute Gasteiger partial charge is 0.493 e. The van der Waals surface area contributed by atoms with E-state index in [9.17, 15) is 0 Å². The zero-order valence-corrected chi connectivity index (χ0v) is 12.3. The second kappa shape index (κ2) is 4.62. The van der Waals surface area contributed by atoms with E-state index >= 15 is 0 Å². The predicted molar refractivity (Wildman–Crippen MR) is 83.9 cm³/mol. The molecule has 1 unspecified atom stereocenters. The summed E-state index contributed by atoms with van der Waals surface area (Å²) in [4.78, 5) is 4.54. The van der Waals surface area contributed by atoms with Crippen molar-refractivity contribution in [3.05, 3.63) is 59.4 Å². The van der Waals surface area contributed by atoms with Gasteiger partial charge in [0, 0.05) is 18.0 Å². The highest BCUT2D eigenvalue weighted by Crippen LogP contribution is 2.35. The van der Waals surface area contributed by atoms with Crippen molar-refractivity contribution in [2.24, 2.45) is 0 Å². The number of aryl methyl sites for hydroxylation is 2. The van der Waals surface area contributed by atoms with Crippen LogP contribution in [0.3, 0.4) is 0 Å². The molecule has 0 saturated heterocycles. The Bertz CT molecular complexity index is 819. The Morgan fingerprint density at radius 3 is 2.90 bits per heavy atom. The fourth-order valence-corrected chi connectivity index (χ4v) is 3.08. The summed E-state index contributed by atoms with van der Waals surface area (Å²) < 4.78 is 8.03. The lowest BCUT2D eigenvalue weighted by Crippen LogP contribution is -2.09. The number of para-hydroxylation sites is 1. The zero-order chi connectivity index (χ0) is 14.4. The highest BCUT2D eigenvalue weighted by molar-refractivity contribution is 5.77. The fraction of sp³-hybridized carbons (Fsp3) is 0.278. The van der Waals surface area contributed by atoms with E-state index in [2.05, 4.69) is 53.7 Å². The first kappa shape index (κ1) is 12.5. The number of imidazole rings is 1. The maximum atomic E-state index is 5.78. The van der Waals surface area contributed by atoms with Crippen molar-refractivity contribution in [3.63, 3.8) is 0 Å². The predicted octanol–water partition coefficient (Wildman–Crippen LogP) is 3.83. The maximum absolute atomic E-state index is 5.78. The molecule has 106 valence electrons. The van der Waals surface area contributed by atoms with Crippen LogP contribution < -0.4 is 4.74 Å². The summed E-state index contributed by atoms with van der Waals surface area (Å²) in [6, 6.07) is 12.7. The third-order valence-electron chi connectivity index (χ3n) is 4.45. The lowest BCUT2D eigenvalue weighted by atomic mass is 10.0. The van der Waals surface area contributed by atoms with Crippen molar-refractivity contribution in [3.8, 4) is 5.75 Å². The molecule has 0 spiro atoms. The summed E-state index contributed by atoms with van der Waals surface area (Å²) in [6.45, 7) is 5.95. The Balaban J connectivity index is 1.71. The lowest BCUT2D eigenvalue weighted by Gasteiger charge is -2.11. The van der Waals surface area contributed by atoms with E-state index in [1.54, 1.807) is 0 Å². The fourth-order valence-electron chi connectivity index (χ4n) is 3.08. The van der Waals surface area contributed by atoms with Crippen LogP contribution in [-0.4, -0.2) is 16.2 Å². The number of nitrogens with zero attached hydrogens (tertiary/aromatic N) is 2. The van der Waals surface area contributed by atoms with Gasteiger partial charge in [-0.1, -0.05) is 18.2 Å². The first-order valence-electron chi connectivity index (χ1n) is 7.36. The average molecular weight is 278 g/mol. The van der Waals surface area contributed by atoms with Gasteiger partial charge in [0.1, 0.15) is 5.75 Å². The molecule has 1 aromatic heterocycles. The van der Waals surface area contributed by atoms with E-state index in [1.165, 1.54) is 22.2 Å². The number of hydrogen-bond donors (Lipinski definition) is 0. The van der Waals surface area contributed by atoms with Crippen LogP contribution in [0.1, 0.15) is 22.6 Å². The molecule has 0 aliphatic carbocycles. The van der Waals surface area contributed by atoms with Crippen LogP contribution in [0.2, 0.25) is 0 Å². The number of hydrogen-bond acceptors (Lipinski definition) is 2. The Morgan fingerprint density at radius 1 is 1.19 bits per heavy atom. The minimum absolute atomic E-state index is 0.403. The van der Waals surface area contributed by atoms with Gasteiger partial charge in [-0.25, -0.2) is 4.98 Å². The van der Waals surface area contributed by atoms with Gasteiger partial charge in [-0.3, -0.25) is 0 Å². The van der Waals surface area contributed by atoms with Crippen LogP contribution in [-0.2, 0) is 6.54 Å². The highest BCUT2D eigenvalue weighted by Gasteiger charge is 2.24. The minimum atomic E-state index is 0.403. The van der Waals surface area contributed by atoms with Crippen molar-refractivity contribution in [2.75, 3.05) is 6.61 Å². The van der Waals surface area contributed by atoms with E-state index in [0.29, 0.717) is 5.92 Å². The van der Waals surface area contributed by atoms with Gasteiger partial charge in [0.05, 0.1) is 24.0 Å². The molecule has 1 aliphatic rings. The molecule has 3 heteroatoms. The standard InChI is InChI=1S/C18H18N2O/c1-12-7-16-17(8-13(12)2)20(11-19-16)9-14-10-21-18-6-4-3-5-15(14)18/h3-8,11,14H,9-10H2,1-2H3. The Hall–Kier alpha value is -2.29. The summed E-state index contributed by atoms with van der Waals surface area (Å²) in [5.74, 6) is 1.43. The number of ether oxygens (including phenoxy) is 1. The highest BCUT2D eigenvalue weighted by atomic mass is 16.5. The SMILES string of the molecule is Cc1cc2ncn(CC3COc4ccccc43)c2cc1C. The van der Waals surface area contributed by atoms with Gasteiger partial charge in [0.15, 0.2) is 0 Å². The molecular weight excluding hydrogens is 260 g/mol. The van der Waals surface area contributed by atoms with Gasteiger partial charge in [0.25, 0.3) is 0 Å². The lowest BCUT2D eigenvalue weighted by molar-refractivity contribution is 0.320. The van der Waals surface area contributed by atoms with Gasteiger partial charge in [-0.15, -0.1) is 0 Å². The number of fused-ring (bicyclic) bond motifs is 2. The van der Waals surface area contributed by atoms with Gasteiger partial charge in [-0.05, 0) is 43.2 Å². The van der Waals surface area contributed by atoms with Gasteiger partial charge < -0.3 is 9.30 Å².